The molecule has 2 aliphatic heterocycles. The smallest absolute Gasteiger partial charge is 0.0550 e. The summed E-state index contributed by atoms with van der Waals surface area (Å²) in [5.74, 6) is 0.885. The van der Waals surface area contributed by atoms with Gasteiger partial charge in [0, 0.05) is 19.2 Å². The standard InChI is InChI=1S/C14H27NO/c1-3-14-6-4-5-8-15(14)11-13-7-9-16-12(2)10-13/h12-14H,3-11H2,1-2H3/t12-,13+,14-/m1/s1. The molecule has 94 valence electrons. The number of likely N-dealkylation sites (tertiary alicyclic amines) is 1. The summed E-state index contributed by atoms with van der Waals surface area (Å²) in [5, 5.41) is 0. The summed E-state index contributed by atoms with van der Waals surface area (Å²) in [6, 6.07) is 0.868. The minimum atomic E-state index is 0.489. The van der Waals surface area contributed by atoms with Crippen LogP contribution in [-0.2, 0) is 4.74 Å². The van der Waals surface area contributed by atoms with Gasteiger partial charge in [0.15, 0.2) is 0 Å². The van der Waals surface area contributed by atoms with Crippen molar-refractivity contribution in [3.05, 3.63) is 0 Å². The second-order valence-electron chi connectivity index (χ2n) is 5.62. The molecule has 16 heavy (non-hydrogen) atoms. The first-order valence-electron chi connectivity index (χ1n) is 7.15. The van der Waals surface area contributed by atoms with Gasteiger partial charge in [0.1, 0.15) is 0 Å². The van der Waals surface area contributed by atoms with Gasteiger partial charge >= 0.3 is 0 Å². The van der Waals surface area contributed by atoms with Crippen molar-refractivity contribution in [1.29, 1.82) is 0 Å². The SMILES string of the molecule is CC[C@@H]1CCCCN1C[C@H]1CCO[C@H](C)C1. The van der Waals surface area contributed by atoms with Gasteiger partial charge in [-0.15, -0.1) is 0 Å². The minimum absolute atomic E-state index is 0.489. The third-order valence-corrected chi connectivity index (χ3v) is 4.31. The highest BCUT2D eigenvalue weighted by molar-refractivity contribution is 4.80. The molecule has 2 heteroatoms. The third-order valence-electron chi connectivity index (χ3n) is 4.31. The molecule has 0 spiro atoms. The summed E-state index contributed by atoms with van der Waals surface area (Å²) in [6.45, 7) is 8.21. The first-order chi connectivity index (χ1) is 7.79. The highest BCUT2D eigenvalue weighted by atomic mass is 16.5. The molecule has 2 nitrogen and oxygen atoms in total. The molecule has 0 aromatic heterocycles. The minimum Gasteiger partial charge on any atom is -0.378 e. The lowest BCUT2D eigenvalue weighted by Gasteiger charge is -2.39. The van der Waals surface area contributed by atoms with E-state index in [1.807, 2.05) is 0 Å². The van der Waals surface area contributed by atoms with E-state index in [4.69, 9.17) is 4.74 Å². The van der Waals surface area contributed by atoms with Crippen LogP contribution in [0, 0.1) is 5.92 Å². The molecule has 0 bridgehead atoms. The Balaban J connectivity index is 1.82. The second-order valence-corrected chi connectivity index (χ2v) is 5.62. The van der Waals surface area contributed by atoms with Gasteiger partial charge < -0.3 is 9.64 Å². The van der Waals surface area contributed by atoms with Crippen LogP contribution >= 0.6 is 0 Å². The van der Waals surface area contributed by atoms with Gasteiger partial charge in [-0.05, 0) is 51.5 Å². The molecule has 2 saturated heterocycles. The van der Waals surface area contributed by atoms with Crippen molar-refractivity contribution < 1.29 is 4.74 Å². The molecule has 0 amide bonds. The predicted molar refractivity (Wildman–Crippen MR) is 67.6 cm³/mol. The zero-order valence-corrected chi connectivity index (χ0v) is 11.0. The molecular weight excluding hydrogens is 198 g/mol. The van der Waals surface area contributed by atoms with E-state index in [-0.39, 0.29) is 0 Å². The van der Waals surface area contributed by atoms with E-state index in [2.05, 4.69) is 18.7 Å². The van der Waals surface area contributed by atoms with Crippen molar-refractivity contribution in [3.63, 3.8) is 0 Å². The topological polar surface area (TPSA) is 12.5 Å². The van der Waals surface area contributed by atoms with Crippen molar-refractivity contribution in [1.82, 2.24) is 4.90 Å². The molecule has 0 unspecified atom stereocenters. The quantitative estimate of drug-likeness (QED) is 0.732. The first kappa shape index (κ1) is 12.4. The summed E-state index contributed by atoms with van der Waals surface area (Å²) in [5.41, 5.74) is 0. The van der Waals surface area contributed by atoms with E-state index < -0.39 is 0 Å². The van der Waals surface area contributed by atoms with Crippen molar-refractivity contribution >= 4 is 0 Å². The molecule has 0 aromatic carbocycles. The fraction of sp³-hybridized carbons (Fsp3) is 1.00. The van der Waals surface area contributed by atoms with Crippen LogP contribution < -0.4 is 0 Å². The Labute approximate surface area is 100 Å². The number of rotatable bonds is 3. The summed E-state index contributed by atoms with van der Waals surface area (Å²) in [4.78, 5) is 2.76. The van der Waals surface area contributed by atoms with Gasteiger partial charge in [0.2, 0.25) is 0 Å². The lowest BCUT2D eigenvalue weighted by molar-refractivity contribution is -0.0121. The molecule has 0 saturated carbocycles. The van der Waals surface area contributed by atoms with Crippen LogP contribution in [0.2, 0.25) is 0 Å². The van der Waals surface area contributed by atoms with Crippen LogP contribution in [0.3, 0.4) is 0 Å². The van der Waals surface area contributed by atoms with Gasteiger partial charge in [-0.2, -0.15) is 0 Å². The second kappa shape index (κ2) is 6.02. The van der Waals surface area contributed by atoms with Crippen LogP contribution in [-0.4, -0.2) is 36.7 Å². The molecular formula is C14H27NO. The fourth-order valence-electron chi connectivity index (χ4n) is 3.35. The van der Waals surface area contributed by atoms with Crippen LogP contribution in [0.25, 0.3) is 0 Å². The summed E-state index contributed by atoms with van der Waals surface area (Å²) >= 11 is 0. The number of piperidine rings is 1. The van der Waals surface area contributed by atoms with E-state index in [9.17, 15) is 0 Å². The molecule has 0 radical (unpaired) electrons. The number of nitrogens with zero attached hydrogens (tertiary/aromatic N) is 1. The Bertz CT molecular complexity index is 207. The summed E-state index contributed by atoms with van der Waals surface area (Å²) < 4.78 is 5.63. The summed E-state index contributed by atoms with van der Waals surface area (Å²) in [7, 11) is 0. The fourth-order valence-corrected chi connectivity index (χ4v) is 3.35. The zero-order chi connectivity index (χ0) is 11.4. The Morgan fingerprint density at radius 1 is 1.25 bits per heavy atom. The van der Waals surface area contributed by atoms with Gasteiger partial charge in [0.25, 0.3) is 0 Å². The maximum atomic E-state index is 5.63. The number of ether oxygens (including phenoxy) is 1. The zero-order valence-electron chi connectivity index (χ0n) is 11.0. The lowest BCUT2D eigenvalue weighted by atomic mass is 9.92. The molecule has 2 aliphatic rings. The van der Waals surface area contributed by atoms with E-state index in [1.54, 1.807) is 0 Å². The largest absolute Gasteiger partial charge is 0.378 e. The highest BCUT2D eigenvalue weighted by Gasteiger charge is 2.26. The Hall–Kier alpha value is -0.0800. The molecule has 2 fully saturated rings. The number of hydrogen-bond acceptors (Lipinski definition) is 2. The van der Waals surface area contributed by atoms with Crippen LogP contribution in [0.5, 0.6) is 0 Å². The normalized spacial score (nSPS) is 37.5. The van der Waals surface area contributed by atoms with Crippen LogP contribution in [0.1, 0.15) is 52.4 Å². The molecule has 0 aromatic rings. The Morgan fingerprint density at radius 2 is 2.12 bits per heavy atom. The third kappa shape index (κ3) is 3.21. The number of hydrogen-bond donors (Lipinski definition) is 0. The van der Waals surface area contributed by atoms with Crippen molar-refractivity contribution in [2.24, 2.45) is 5.92 Å². The van der Waals surface area contributed by atoms with Gasteiger partial charge in [-0.3, -0.25) is 0 Å². The molecule has 2 heterocycles. The Kier molecular flexibility index (Phi) is 4.66. The highest BCUT2D eigenvalue weighted by Crippen LogP contribution is 2.25. The van der Waals surface area contributed by atoms with E-state index in [1.165, 1.54) is 51.6 Å². The molecule has 0 N–H and O–H groups in total. The van der Waals surface area contributed by atoms with Gasteiger partial charge in [-0.1, -0.05) is 13.3 Å². The van der Waals surface area contributed by atoms with E-state index in [0.717, 1.165) is 18.6 Å². The maximum Gasteiger partial charge on any atom is 0.0550 e. The van der Waals surface area contributed by atoms with Crippen molar-refractivity contribution in [2.45, 2.75) is 64.5 Å². The van der Waals surface area contributed by atoms with Crippen LogP contribution in [0.15, 0.2) is 0 Å². The van der Waals surface area contributed by atoms with Crippen molar-refractivity contribution in [3.8, 4) is 0 Å². The average Bonchev–Trinajstić information content (AvgIpc) is 2.30. The Morgan fingerprint density at radius 3 is 2.88 bits per heavy atom. The monoisotopic (exact) mass is 225 g/mol. The van der Waals surface area contributed by atoms with Gasteiger partial charge in [-0.25, -0.2) is 0 Å². The molecule has 3 atom stereocenters. The van der Waals surface area contributed by atoms with E-state index >= 15 is 0 Å². The average molecular weight is 225 g/mol. The van der Waals surface area contributed by atoms with Crippen LogP contribution in [0.4, 0.5) is 0 Å². The van der Waals surface area contributed by atoms with Crippen molar-refractivity contribution in [2.75, 3.05) is 19.7 Å². The van der Waals surface area contributed by atoms with E-state index in [0.29, 0.717) is 6.10 Å². The molecule has 0 aliphatic carbocycles. The summed E-state index contributed by atoms with van der Waals surface area (Å²) in [6.07, 6.45) is 8.65. The van der Waals surface area contributed by atoms with Gasteiger partial charge in [0.05, 0.1) is 6.10 Å². The maximum absolute atomic E-state index is 5.63. The molecule has 2 rings (SSSR count). The lowest BCUT2D eigenvalue weighted by Crippen LogP contribution is -2.43. The first-order valence-corrected chi connectivity index (χ1v) is 7.15. The predicted octanol–water partition coefficient (Wildman–Crippen LogP) is 3.07.